The van der Waals surface area contributed by atoms with Gasteiger partial charge in [-0.25, -0.2) is 0 Å². The quantitative estimate of drug-likeness (QED) is 0.714. The van der Waals surface area contributed by atoms with E-state index in [0.717, 1.165) is 17.5 Å². The molecule has 0 aliphatic carbocycles. The molecule has 0 aliphatic rings. The molecule has 0 fully saturated rings. The molecule has 0 radical (unpaired) electrons. The molecule has 1 N–H and O–H groups in total. The number of phenols is 1. The second kappa shape index (κ2) is 3.61. The summed E-state index contributed by atoms with van der Waals surface area (Å²) in [6.07, 6.45) is 0.965. The van der Waals surface area contributed by atoms with Gasteiger partial charge in [0.2, 0.25) is 0 Å². The van der Waals surface area contributed by atoms with Crippen LogP contribution < -0.4 is 0 Å². The molecule has 0 saturated heterocycles. The van der Waals surface area contributed by atoms with Crippen LogP contribution in [0.25, 0.3) is 0 Å². The van der Waals surface area contributed by atoms with Gasteiger partial charge in [-0.05, 0) is 36.4 Å². The van der Waals surface area contributed by atoms with E-state index in [2.05, 4.69) is 13.8 Å². The van der Waals surface area contributed by atoms with Crippen LogP contribution in [0.15, 0.2) is 18.2 Å². The van der Waals surface area contributed by atoms with Crippen LogP contribution in [0.3, 0.4) is 0 Å². The molecule has 1 aromatic rings. The topological polar surface area (TPSA) is 20.2 Å². The smallest absolute Gasteiger partial charge is 0.118 e. The van der Waals surface area contributed by atoms with Crippen molar-refractivity contribution in [2.24, 2.45) is 5.92 Å². The maximum Gasteiger partial charge on any atom is 0.118 e. The van der Waals surface area contributed by atoms with Gasteiger partial charge in [0, 0.05) is 0 Å². The predicted octanol–water partition coefficient (Wildman–Crippen LogP) is 2.90. The second-order valence-electron chi connectivity index (χ2n) is 3.64. The van der Waals surface area contributed by atoms with Crippen molar-refractivity contribution in [3.05, 3.63) is 29.3 Å². The normalized spacial score (nSPS) is 11.8. The van der Waals surface area contributed by atoms with Crippen LogP contribution in [0.4, 0.5) is 0 Å². The highest BCUT2D eigenvalue weighted by atomic mass is 16.3. The van der Waals surface area contributed by atoms with E-state index in [1.807, 2.05) is 13.0 Å². The van der Waals surface area contributed by atoms with Crippen LogP contribution >= 0.6 is 0 Å². The summed E-state index contributed by atoms with van der Waals surface area (Å²) >= 11 is 0. The third kappa shape index (κ3) is 2.26. The Morgan fingerprint density at radius 3 is 2.75 bits per heavy atom. The second-order valence-corrected chi connectivity index (χ2v) is 3.64. The van der Waals surface area contributed by atoms with Gasteiger partial charge in [-0.3, -0.25) is 0 Å². The maximum atomic E-state index is 9.38. The molecule has 0 saturated carbocycles. The van der Waals surface area contributed by atoms with Gasteiger partial charge in [0.15, 0.2) is 0 Å². The molecule has 1 heteroatoms. The van der Waals surface area contributed by atoms with Gasteiger partial charge in [-0.2, -0.15) is 0 Å². The van der Waals surface area contributed by atoms with Crippen molar-refractivity contribution in [2.45, 2.75) is 27.2 Å². The lowest BCUT2D eigenvalue weighted by atomic mass is 10.0. The van der Waals surface area contributed by atoms with Crippen molar-refractivity contribution in [1.82, 2.24) is 0 Å². The highest BCUT2D eigenvalue weighted by Gasteiger charge is 2.00. The largest absolute Gasteiger partial charge is 0.508 e. The molecule has 0 spiro atoms. The van der Waals surface area contributed by atoms with E-state index in [4.69, 9.17) is 1.37 Å². The summed E-state index contributed by atoms with van der Waals surface area (Å²) in [5.74, 6) is 0.691. The van der Waals surface area contributed by atoms with Crippen LogP contribution in [0.2, 0.25) is 0 Å². The Hall–Kier alpha value is -0.980. The van der Waals surface area contributed by atoms with Crippen LogP contribution in [-0.4, -0.2) is 5.11 Å². The molecule has 0 aliphatic heterocycles. The van der Waals surface area contributed by atoms with Crippen LogP contribution in [0, 0.1) is 12.8 Å². The third-order valence-electron chi connectivity index (χ3n) is 1.81. The van der Waals surface area contributed by atoms with Crippen molar-refractivity contribution >= 4 is 0 Å². The summed E-state index contributed by atoms with van der Waals surface area (Å²) in [4.78, 5) is 0. The summed E-state index contributed by atoms with van der Waals surface area (Å²) in [6.45, 7) is 6.12. The molecule has 0 unspecified atom stereocenters. The first-order valence-corrected chi connectivity index (χ1v) is 4.29. The molecule has 12 heavy (non-hydrogen) atoms. The Bertz CT molecular complexity index is 282. The SMILES string of the molecule is [2H]c1cc(CC(C)C)cc(C)c1O. The standard InChI is InChI=1S/C11H16O/c1-8(2)6-10-4-5-11(12)9(3)7-10/h4-5,7-8,12H,6H2,1-3H3/i5D. The fourth-order valence-corrected chi connectivity index (χ4v) is 1.25. The van der Waals surface area contributed by atoms with Crippen LogP contribution in [0.1, 0.15) is 26.3 Å². The zero-order chi connectivity index (χ0) is 10.0. The van der Waals surface area contributed by atoms with Gasteiger partial charge in [0.05, 0.1) is 1.37 Å². The molecule has 0 aromatic heterocycles. The molecule has 0 heterocycles. The minimum atomic E-state index is 0.104. The Kier molecular flexibility index (Phi) is 2.31. The fraction of sp³-hybridized carbons (Fsp3) is 0.455. The van der Waals surface area contributed by atoms with Crippen molar-refractivity contribution < 1.29 is 6.48 Å². The molecular weight excluding hydrogens is 148 g/mol. The average molecular weight is 165 g/mol. The predicted molar refractivity (Wildman–Crippen MR) is 51.4 cm³/mol. The van der Waals surface area contributed by atoms with Crippen molar-refractivity contribution in [2.75, 3.05) is 0 Å². The monoisotopic (exact) mass is 165 g/mol. The van der Waals surface area contributed by atoms with Crippen LogP contribution in [0.5, 0.6) is 5.75 Å². The molecule has 0 amide bonds. The summed E-state index contributed by atoms with van der Waals surface area (Å²) in [6, 6.07) is 3.92. The molecule has 66 valence electrons. The lowest BCUT2D eigenvalue weighted by Gasteiger charge is -2.06. The van der Waals surface area contributed by atoms with Gasteiger partial charge >= 0.3 is 0 Å². The Balaban J connectivity index is 2.99. The van der Waals surface area contributed by atoms with Gasteiger partial charge in [-0.1, -0.05) is 26.0 Å². The highest BCUT2D eigenvalue weighted by Crippen LogP contribution is 2.18. The van der Waals surface area contributed by atoms with E-state index in [9.17, 15) is 5.11 Å². The Morgan fingerprint density at radius 2 is 2.25 bits per heavy atom. The number of phenolic OH excluding ortho intramolecular Hbond substituents is 1. The van der Waals surface area contributed by atoms with E-state index >= 15 is 0 Å². The number of rotatable bonds is 2. The number of hydrogen-bond donors (Lipinski definition) is 1. The molecule has 1 aromatic carbocycles. The molecular formula is C11H16O. The van der Waals surface area contributed by atoms with E-state index in [1.54, 1.807) is 6.07 Å². The lowest BCUT2D eigenvalue weighted by molar-refractivity contribution is 0.470. The van der Waals surface area contributed by atoms with E-state index in [1.165, 1.54) is 0 Å². The van der Waals surface area contributed by atoms with Gasteiger partial charge in [-0.15, -0.1) is 0 Å². The highest BCUT2D eigenvalue weighted by molar-refractivity contribution is 5.34. The number of hydrogen-bond acceptors (Lipinski definition) is 1. The summed E-state index contributed by atoms with van der Waals surface area (Å²) < 4.78 is 7.50. The molecule has 0 bridgehead atoms. The molecule has 0 atom stereocenters. The first kappa shape index (κ1) is 7.66. The minimum absolute atomic E-state index is 0.104. The number of aryl methyl sites for hydroxylation is 1. The van der Waals surface area contributed by atoms with Gasteiger partial charge < -0.3 is 5.11 Å². The van der Waals surface area contributed by atoms with E-state index in [0.29, 0.717) is 5.92 Å². The van der Waals surface area contributed by atoms with Crippen molar-refractivity contribution in [3.63, 3.8) is 0 Å². The summed E-state index contributed by atoms with van der Waals surface area (Å²) in [5.41, 5.74) is 1.93. The van der Waals surface area contributed by atoms with E-state index in [-0.39, 0.29) is 11.8 Å². The number of benzene rings is 1. The maximum absolute atomic E-state index is 9.38. The first-order chi connectivity index (χ1) is 6.00. The summed E-state index contributed by atoms with van der Waals surface area (Å²) in [5, 5.41) is 9.38. The minimum Gasteiger partial charge on any atom is -0.508 e. The van der Waals surface area contributed by atoms with E-state index < -0.39 is 0 Å². The van der Waals surface area contributed by atoms with Gasteiger partial charge in [0.1, 0.15) is 5.75 Å². The molecule has 1 rings (SSSR count). The summed E-state index contributed by atoms with van der Waals surface area (Å²) in [7, 11) is 0. The third-order valence-corrected chi connectivity index (χ3v) is 1.81. The van der Waals surface area contributed by atoms with Crippen LogP contribution in [-0.2, 0) is 6.42 Å². The zero-order valence-electron chi connectivity index (χ0n) is 8.89. The first-order valence-electron chi connectivity index (χ1n) is 4.79. The lowest BCUT2D eigenvalue weighted by Crippen LogP contribution is -1.93. The average Bonchev–Trinajstić information content (AvgIpc) is 1.98. The zero-order valence-corrected chi connectivity index (χ0v) is 7.89. The van der Waals surface area contributed by atoms with Crippen molar-refractivity contribution in [1.29, 1.82) is 0 Å². The Morgan fingerprint density at radius 1 is 1.58 bits per heavy atom. The molecule has 1 nitrogen and oxygen atoms in total. The van der Waals surface area contributed by atoms with Crippen molar-refractivity contribution in [3.8, 4) is 5.75 Å². The Labute approximate surface area is 75.5 Å². The van der Waals surface area contributed by atoms with Gasteiger partial charge in [0.25, 0.3) is 0 Å². The fourth-order valence-electron chi connectivity index (χ4n) is 1.25. The number of aromatic hydroxyl groups is 1.